The van der Waals surface area contributed by atoms with Gasteiger partial charge in [0.25, 0.3) is 0 Å². The molecular formula is C17H21N. The maximum atomic E-state index is 3.55. The fourth-order valence-electron chi connectivity index (χ4n) is 2.47. The molecule has 2 aromatic rings. The third-order valence-electron chi connectivity index (χ3n) is 3.23. The molecule has 0 heterocycles. The second-order valence-corrected chi connectivity index (χ2v) is 5.12. The Bertz CT molecular complexity index is 532. The molecule has 0 radical (unpaired) electrons. The Morgan fingerprint density at radius 3 is 2.11 bits per heavy atom. The molecular weight excluding hydrogens is 218 g/mol. The van der Waals surface area contributed by atoms with Crippen molar-refractivity contribution in [2.75, 3.05) is 5.32 Å². The van der Waals surface area contributed by atoms with Crippen molar-refractivity contribution < 1.29 is 0 Å². The van der Waals surface area contributed by atoms with E-state index in [-0.39, 0.29) is 0 Å². The monoisotopic (exact) mass is 239 g/mol. The molecule has 0 aliphatic heterocycles. The molecule has 0 amide bonds. The fourth-order valence-corrected chi connectivity index (χ4v) is 2.47. The second-order valence-electron chi connectivity index (χ2n) is 5.12. The lowest BCUT2D eigenvalue weighted by molar-refractivity contribution is 1.12. The Labute approximate surface area is 110 Å². The van der Waals surface area contributed by atoms with Crippen LogP contribution < -0.4 is 5.32 Å². The zero-order chi connectivity index (χ0) is 13.1. The SMILES string of the molecule is Cc1cccc(CNc2c(C)cc(C)cc2C)c1. The molecule has 0 atom stereocenters. The number of hydrogen-bond acceptors (Lipinski definition) is 1. The molecule has 0 saturated carbocycles. The fraction of sp³-hybridized carbons (Fsp3) is 0.294. The summed E-state index contributed by atoms with van der Waals surface area (Å²) in [4.78, 5) is 0. The number of anilines is 1. The summed E-state index contributed by atoms with van der Waals surface area (Å²) in [6, 6.07) is 13.1. The summed E-state index contributed by atoms with van der Waals surface area (Å²) in [5.74, 6) is 0. The van der Waals surface area contributed by atoms with Crippen molar-refractivity contribution in [2.24, 2.45) is 0 Å². The van der Waals surface area contributed by atoms with Crippen molar-refractivity contribution in [3.8, 4) is 0 Å². The van der Waals surface area contributed by atoms with Crippen molar-refractivity contribution in [1.82, 2.24) is 0 Å². The van der Waals surface area contributed by atoms with Crippen molar-refractivity contribution in [2.45, 2.75) is 34.2 Å². The minimum absolute atomic E-state index is 0.881. The highest BCUT2D eigenvalue weighted by molar-refractivity contribution is 5.58. The van der Waals surface area contributed by atoms with E-state index in [1.807, 2.05) is 0 Å². The van der Waals surface area contributed by atoms with Crippen molar-refractivity contribution in [3.05, 3.63) is 64.2 Å². The predicted molar refractivity (Wildman–Crippen MR) is 79.2 cm³/mol. The lowest BCUT2D eigenvalue weighted by Crippen LogP contribution is -2.03. The second kappa shape index (κ2) is 5.26. The number of benzene rings is 2. The molecule has 0 saturated heterocycles. The average Bonchev–Trinajstić information content (AvgIpc) is 2.27. The van der Waals surface area contributed by atoms with Gasteiger partial charge in [0.2, 0.25) is 0 Å². The molecule has 2 rings (SSSR count). The minimum Gasteiger partial charge on any atom is -0.381 e. The van der Waals surface area contributed by atoms with E-state index in [0.29, 0.717) is 0 Å². The van der Waals surface area contributed by atoms with Gasteiger partial charge in [-0.3, -0.25) is 0 Å². The Hall–Kier alpha value is -1.76. The normalized spacial score (nSPS) is 10.4. The smallest absolute Gasteiger partial charge is 0.0402 e. The standard InChI is InChI=1S/C17H21N/c1-12-6-5-7-16(10-12)11-18-17-14(3)8-13(2)9-15(17)4/h5-10,18H,11H2,1-4H3. The van der Waals surface area contributed by atoms with Crippen LogP contribution in [0.3, 0.4) is 0 Å². The summed E-state index contributed by atoms with van der Waals surface area (Å²) in [5, 5.41) is 3.55. The van der Waals surface area contributed by atoms with Crippen molar-refractivity contribution in [1.29, 1.82) is 0 Å². The zero-order valence-corrected chi connectivity index (χ0v) is 11.7. The van der Waals surface area contributed by atoms with Gasteiger partial charge in [-0.25, -0.2) is 0 Å². The molecule has 18 heavy (non-hydrogen) atoms. The summed E-state index contributed by atoms with van der Waals surface area (Å²) >= 11 is 0. The molecule has 0 spiro atoms. The number of rotatable bonds is 3. The molecule has 0 aliphatic rings. The number of hydrogen-bond donors (Lipinski definition) is 1. The first-order valence-electron chi connectivity index (χ1n) is 6.43. The summed E-state index contributed by atoms with van der Waals surface area (Å²) in [6.45, 7) is 9.49. The van der Waals surface area contributed by atoms with Gasteiger partial charge >= 0.3 is 0 Å². The van der Waals surface area contributed by atoms with E-state index >= 15 is 0 Å². The quantitative estimate of drug-likeness (QED) is 0.829. The van der Waals surface area contributed by atoms with E-state index in [4.69, 9.17) is 0 Å². The minimum atomic E-state index is 0.881. The van der Waals surface area contributed by atoms with E-state index in [1.54, 1.807) is 0 Å². The highest BCUT2D eigenvalue weighted by atomic mass is 14.9. The van der Waals surface area contributed by atoms with Gasteiger partial charge in [-0.15, -0.1) is 0 Å². The Morgan fingerprint density at radius 2 is 1.50 bits per heavy atom. The van der Waals surface area contributed by atoms with Crippen LogP contribution in [0.1, 0.15) is 27.8 Å². The molecule has 2 aromatic carbocycles. The summed E-state index contributed by atoms with van der Waals surface area (Å²) < 4.78 is 0. The van der Waals surface area contributed by atoms with Gasteiger partial charge in [-0.05, 0) is 44.4 Å². The molecule has 0 bridgehead atoms. The Morgan fingerprint density at radius 1 is 0.833 bits per heavy atom. The van der Waals surface area contributed by atoms with E-state index in [0.717, 1.165) is 6.54 Å². The van der Waals surface area contributed by atoms with Crippen molar-refractivity contribution >= 4 is 5.69 Å². The van der Waals surface area contributed by atoms with Gasteiger partial charge in [-0.2, -0.15) is 0 Å². The third kappa shape index (κ3) is 2.92. The van der Waals surface area contributed by atoms with Crippen LogP contribution in [0.5, 0.6) is 0 Å². The van der Waals surface area contributed by atoms with Crippen LogP contribution in [0.15, 0.2) is 36.4 Å². The first-order valence-corrected chi connectivity index (χ1v) is 6.43. The van der Waals surface area contributed by atoms with E-state index in [2.05, 4.69) is 69.4 Å². The summed E-state index contributed by atoms with van der Waals surface area (Å²) in [7, 11) is 0. The molecule has 0 aliphatic carbocycles. The summed E-state index contributed by atoms with van der Waals surface area (Å²) in [5.41, 5.74) is 7.87. The lowest BCUT2D eigenvalue weighted by Gasteiger charge is -2.14. The number of aryl methyl sites for hydroxylation is 4. The molecule has 1 nitrogen and oxygen atoms in total. The maximum Gasteiger partial charge on any atom is 0.0402 e. The maximum absolute atomic E-state index is 3.55. The highest BCUT2D eigenvalue weighted by Crippen LogP contribution is 2.22. The molecule has 0 aromatic heterocycles. The average molecular weight is 239 g/mol. The zero-order valence-electron chi connectivity index (χ0n) is 11.7. The van der Waals surface area contributed by atoms with Crippen LogP contribution >= 0.6 is 0 Å². The van der Waals surface area contributed by atoms with Crippen molar-refractivity contribution in [3.63, 3.8) is 0 Å². The molecule has 0 unspecified atom stereocenters. The van der Waals surface area contributed by atoms with Gasteiger partial charge in [0, 0.05) is 12.2 Å². The van der Waals surface area contributed by atoms with Gasteiger partial charge < -0.3 is 5.32 Å². The molecule has 1 N–H and O–H groups in total. The van der Waals surface area contributed by atoms with E-state index in [9.17, 15) is 0 Å². The first kappa shape index (κ1) is 12.7. The predicted octanol–water partition coefficient (Wildman–Crippen LogP) is 4.53. The topological polar surface area (TPSA) is 12.0 Å². The number of nitrogens with one attached hydrogen (secondary N) is 1. The Balaban J connectivity index is 2.16. The van der Waals surface area contributed by atoms with E-state index < -0.39 is 0 Å². The lowest BCUT2D eigenvalue weighted by atomic mass is 10.0. The van der Waals surface area contributed by atoms with Gasteiger partial charge in [0.15, 0.2) is 0 Å². The molecule has 0 fully saturated rings. The van der Waals surface area contributed by atoms with Crippen LogP contribution in [0, 0.1) is 27.7 Å². The molecule has 94 valence electrons. The van der Waals surface area contributed by atoms with Crippen LogP contribution in [0.4, 0.5) is 5.69 Å². The van der Waals surface area contributed by atoms with Crippen LogP contribution in [-0.2, 0) is 6.54 Å². The van der Waals surface area contributed by atoms with Gasteiger partial charge in [-0.1, -0.05) is 47.5 Å². The van der Waals surface area contributed by atoms with Crippen LogP contribution in [-0.4, -0.2) is 0 Å². The van der Waals surface area contributed by atoms with Crippen LogP contribution in [0.2, 0.25) is 0 Å². The van der Waals surface area contributed by atoms with Gasteiger partial charge in [0.1, 0.15) is 0 Å². The highest BCUT2D eigenvalue weighted by Gasteiger charge is 2.03. The molecule has 1 heteroatoms. The third-order valence-corrected chi connectivity index (χ3v) is 3.23. The largest absolute Gasteiger partial charge is 0.381 e. The van der Waals surface area contributed by atoms with Crippen LogP contribution in [0.25, 0.3) is 0 Å². The first-order chi connectivity index (χ1) is 8.56. The summed E-state index contributed by atoms with van der Waals surface area (Å²) in [6.07, 6.45) is 0. The van der Waals surface area contributed by atoms with E-state index in [1.165, 1.54) is 33.5 Å². The Kier molecular flexibility index (Phi) is 3.71. The van der Waals surface area contributed by atoms with Gasteiger partial charge in [0.05, 0.1) is 0 Å².